The Bertz CT molecular complexity index is 885. The molecule has 3 aromatic rings. The van der Waals surface area contributed by atoms with E-state index >= 15 is 0 Å². The molecule has 3 rings (SSSR count). The van der Waals surface area contributed by atoms with Crippen molar-refractivity contribution in [3.63, 3.8) is 0 Å². The minimum atomic E-state index is -4.46. The van der Waals surface area contributed by atoms with E-state index in [-0.39, 0.29) is 11.4 Å². The van der Waals surface area contributed by atoms with Crippen LogP contribution in [0.15, 0.2) is 42.0 Å². The molecular formula is C15H11F3N4OS. The number of aryl methyl sites for hydroxylation is 1. The van der Waals surface area contributed by atoms with Crippen LogP contribution in [0.25, 0.3) is 10.6 Å². The fraction of sp³-hybridized carbons (Fsp3) is 0.133. The van der Waals surface area contributed by atoms with Crippen LogP contribution in [-0.4, -0.2) is 20.7 Å². The minimum absolute atomic E-state index is 0.0609. The Kier molecular flexibility index (Phi) is 4.10. The molecule has 0 bridgehead atoms. The number of anilines is 1. The number of rotatable bonds is 3. The van der Waals surface area contributed by atoms with Crippen molar-refractivity contribution in [1.82, 2.24) is 14.8 Å². The van der Waals surface area contributed by atoms with Crippen LogP contribution in [0, 0.1) is 0 Å². The Morgan fingerprint density at radius 3 is 2.79 bits per heavy atom. The molecule has 0 radical (unpaired) electrons. The van der Waals surface area contributed by atoms with Crippen LogP contribution >= 0.6 is 11.3 Å². The topological polar surface area (TPSA) is 59.8 Å². The van der Waals surface area contributed by atoms with Crippen LogP contribution in [-0.2, 0) is 13.2 Å². The third-order valence-corrected chi connectivity index (χ3v) is 4.03. The highest BCUT2D eigenvalue weighted by molar-refractivity contribution is 7.13. The van der Waals surface area contributed by atoms with Crippen LogP contribution in [0.1, 0.15) is 16.1 Å². The highest BCUT2D eigenvalue weighted by atomic mass is 32.1. The molecule has 124 valence electrons. The van der Waals surface area contributed by atoms with E-state index in [1.807, 2.05) is 0 Å². The number of nitrogens with zero attached hydrogens (tertiary/aromatic N) is 3. The van der Waals surface area contributed by atoms with Crippen LogP contribution in [0.5, 0.6) is 0 Å². The van der Waals surface area contributed by atoms with Gasteiger partial charge in [-0.1, -0.05) is 6.07 Å². The minimum Gasteiger partial charge on any atom is -0.321 e. The monoisotopic (exact) mass is 352 g/mol. The van der Waals surface area contributed by atoms with Gasteiger partial charge in [0.25, 0.3) is 5.91 Å². The predicted octanol–water partition coefficient (Wildman–Crippen LogP) is 3.81. The summed E-state index contributed by atoms with van der Waals surface area (Å²) in [6.07, 6.45) is -1.09. The van der Waals surface area contributed by atoms with E-state index in [0.717, 1.165) is 17.7 Å². The molecule has 1 N–H and O–H groups in total. The third-order valence-electron chi connectivity index (χ3n) is 3.14. The number of carbonyl (C=O) groups is 1. The van der Waals surface area contributed by atoms with Gasteiger partial charge in [0, 0.05) is 29.9 Å². The summed E-state index contributed by atoms with van der Waals surface area (Å²) in [5, 5.41) is 8.60. The van der Waals surface area contributed by atoms with Crippen LogP contribution < -0.4 is 5.32 Å². The number of thiazole rings is 1. The molecule has 1 aromatic carbocycles. The Balaban J connectivity index is 1.77. The second-order valence-corrected chi connectivity index (χ2v) is 5.83. The van der Waals surface area contributed by atoms with Gasteiger partial charge in [-0.3, -0.25) is 9.48 Å². The lowest BCUT2D eigenvalue weighted by atomic mass is 10.2. The predicted molar refractivity (Wildman–Crippen MR) is 83.7 cm³/mol. The Morgan fingerprint density at radius 1 is 1.33 bits per heavy atom. The van der Waals surface area contributed by atoms with Crippen molar-refractivity contribution in [3.8, 4) is 10.6 Å². The first-order chi connectivity index (χ1) is 11.3. The van der Waals surface area contributed by atoms with E-state index in [9.17, 15) is 18.0 Å². The summed E-state index contributed by atoms with van der Waals surface area (Å²) in [7, 11) is 1.76. The maximum atomic E-state index is 12.7. The van der Waals surface area contributed by atoms with Gasteiger partial charge in [0.15, 0.2) is 0 Å². The molecule has 2 heterocycles. The number of carbonyl (C=O) groups excluding carboxylic acids is 1. The average Bonchev–Trinajstić information content (AvgIpc) is 3.15. The molecule has 5 nitrogen and oxygen atoms in total. The zero-order valence-electron chi connectivity index (χ0n) is 12.3. The lowest BCUT2D eigenvalue weighted by Gasteiger charge is -2.09. The SMILES string of the molecule is Cn1cc(-c2nc(C(=O)Nc3cccc(C(F)(F)F)c3)cs2)cn1. The lowest BCUT2D eigenvalue weighted by Crippen LogP contribution is -2.13. The second kappa shape index (κ2) is 6.08. The number of alkyl halides is 3. The molecule has 1 amide bonds. The van der Waals surface area contributed by atoms with Gasteiger partial charge in [0.1, 0.15) is 10.7 Å². The largest absolute Gasteiger partial charge is 0.416 e. The summed E-state index contributed by atoms with van der Waals surface area (Å²) in [6, 6.07) is 4.45. The van der Waals surface area contributed by atoms with E-state index in [1.54, 1.807) is 29.5 Å². The van der Waals surface area contributed by atoms with Crippen molar-refractivity contribution in [2.75, 3.05) is 5.32 Å². The van der Waals surface area contributed by atoms with Crippen molar-refractivity contribution in [2.24, 2.45) is 7.05 Å². The first-order valence-electron chi connectivity index (χ1n) is 6.76. The number of aromatic nitrogens is 3. The van der Waals surface area contributed by atoms with Crippen LogP contribution in [0.2, 0.25) is 0 Å². The number of benzene rings is 1. The van der Waals surface area contributed by atoms with Crippen molar-refractivity contribution < 1.29 is 18.0 Å². The summed E-state index contributed by atoms with van der Waals surface area (Å²) < 4.78 is 39.7. The molecule has 0 saturated carbocycles. The Morgan fingerprint density at radius 2 is 2.12 bits per heavy atom. The van der Waals surface area contributed by atoms with Gasteiger partial charge in [-0.25, -0.2) is 4.98 Å². The molecule has 9 heteroatoms. The van der Waals surface area contributed by atoms with Gasteiger partial charge in [-0.15, -0.1) is 11.3 Å². The molecule has 0 spiro atoms. The molecule has 24 heavy (non-hydrogen) atoms. The van der Waals surface area contributed by atoms with Gasteiger partial charge in [-0.05, 0) is 18.2 Å². The van der Waals surface area contributed by atoms with Gasteiger partial charge in [-0.2, -0.15) is 18.3 Å². The van der Waals surface area contributed by atoms with Crippen molar-refractivity contribution in [2.45, 2.75) is 6.18 Å². The summed E-state index contributed by atoms with van der Waals surface area (Å²) in [6.45, 7) is 0. The zero-order valence-corrected chi connectivity index (χ0v) is 13.1. The zero-order chi connectivity index (χ0) is 17.3. The molecule has 0 aliphatic heterocycles. The second-order valence-electron chi connectivity index (χ2n) is 4.97. The fourth-order valence-corrected chi connectivity index (χ4v) is 2.79. The fourth-order valence-electron chi connectivity index (χ4n) is 2.01. The van der Waals surface area contributed by atoms with Crippen molar-refractivity contribution >= 4 is 22.9 Å². The number of halogens is 3. The van der Waals surface area contributed by atoms with Gasteiger partial charge in [0.05, 0.1) is 11.8 Å². The first-order valence-corrected chi connectivity index (χ1v) is 7.64. The lowest BCUT2D eigenvalue weighted by molar-refractivity contribution is -0.137. The summed E-state index contributed by atoms with van der Waals surface area (Å²) >= 11 is 1.26. The molecule has 0 saturated heterocycles. The van der Waals surface area contributed by atoms with E-state index in [2.05, 4.69) is 15.4 Å². The summed E-state index contributed by atoms with van der Waals surface area (Å²) in [4.78, 5) is 16.3. The molecule has 0 aliphatic carbocycles. The maximum Gasteiger partial charge on any atom is 0.416 e. The van der Waals surface area contributed by atoms with Gasteiger partial charge < -0.3 is 5.32 Å². The molecule has 0 aliphatic rings. The summed E-state index contributed by atoms with van der Waals surface area (Å²) in [5.74, 6) is -0.569. The maximum absolute atomic E-state index is 12.7. The average molecular weight is 352 g/mol. The van der Waals surface area contributed by atoms with Crippen molar-refractivity contribution in [3.05, 3.63) is 53.3 Å². The number of amides is 1. The molecule has 0 fully saturated rings. The van der Waals surface area contributed by atoms with E-state index in [0.29, 0.717) is 5.01 Å². The van der Waals surface area contributed by atoms with Crippen LogP contribution in [0.4, 0.5) is 18.9 Å². The normalized spacial score (nSPS) is 11.5. The Labute approximate surface area is 138 Å². The molecule has 2 aromatic heterocycles. The Hall–Kier alpha value is -2.68. The number of nitrogens with one attached hydrogen (secondary N) is 1. The molecular weight excluding hydrogens is 341 g/mol. The van der Waals surface area contributed by atoms with E-state index in [4.69, 9.17) is 0 Å². The third kappa shape index (κ3) is 3.46. The number of hydrogen-bond acceptors (Lipinski definition) is 4. The standard InChI is InChI=1S/C15H11F3N4OS/c1-22-7-9(6-19-22)14-21-12(8-24-14)13(23)20-11-4-2-3-10(5-11)15(16,17)18/h2-8H,1H3,(H,20,23). The smallest absolute Gasteiger partial charge is 0.321 e. The molecule has 0 unspecified atom stereocenters. The van der Waals surface area contributed by atoms with E-state index < -0.39 is 17.6 Å². The first kappa shape index (κ1) is 16.2. The quantitative estimate of drug-likeness (QED) is 0.780. The highest BCUT2D eigenvalue weighted by Crippen LogP contribution is 2.31. The number of hydrogen-bond donors (Lipinski definition) is 1. The molecule has 0 atom stereocenters. The highest BCUT2D eigenvalue weighted by Gasteiger charge is 2.30. The van der Waals surface area contributed by atoms with E-state index in [1.165, 1.54) is 23.5 Å². The van der Waals surface area contributed by atoms with Gasteiger partial charge >= 0.3 is 6.18 Å². The van der Waals surface area contributed by atoms with Crippen LogP contribution in [0.3, 0.4) is 0 Å². The summed E-state index contributed by atoms with van der Waals surface area (Å²) in [5.41, 5.74) is 0.136. The van der Waals surface area contributed by atoms with Gasteiger partial charge in [0.2, 0.25) is 0 Å². The van der Waals surface area contributed by atoms with Crippen molar-refractivity contribution in [1.29, 1.82) is 0 Å².